The molecule has 0 bridgehead atoms. The Morgan fingerprint density at radius 3 is 2.68 bits per heavy atom. The van der Waals surface area contributed by atoms with Gasteiger partial charge in [-0.05, 0) is 37.0 Å². The minimum absolute atomic E-state index is 0.287. The first-order valence-corrected chi connectivity index (χ1v) is 7.70. The number of benzene rings is 1. The molecule has 0 fully saturated rings. The highest BCUT2D eigenvalue weighted by atomic mass is 16.4. The van der Waals surface area contributed by atoms with Gasteiger partial charge in [-0.1, -0.05) is 39.2 Å². The number of unbranched alkanes of at least 4 members (excludes halogenated alkanes) is 1. The summed E-state index contributed by atoms with van der Waals surface area (Å²) in [5.74, 6) is 0.287. The van der Waals surface area contributed by atoms with Crippen molar-refractivity contribution in [3.63, 3.8) is 0 Å². The number of isocyanates is 1. The van der Waals surface area contributed by atoms with E-state index >= 15 is 0 Å². The molecule has 0 aromatic heterocycles. The lowest BCUT2D eigenvalue weighted by atomic mass is 9.98. The number of anilines is 1. The topological polar surface area (TPSA) is 72.8 Å². The van der Waals surface area contributed by atoms with Crippen molar-refractivity contribution in [1.82, 2.24) is 0 Å². The highest BCUT2D eigenvalue weighted by Crippen LogP contribution is 2.27. The predicted octanol–water partition coefficient (Wildman–Crippen LogP) is 3.33. The van der Waals surface area contributed by atoms with E-state index in [0.717, 1.165) is 31.2 Å². The molecule has 1 atom stereocenters. The lowest BCUT2D eigenvalue weighted by Crippen LogP contribution is -2.44. The third-order valence-electron chi connectivity index (χ3n) is 3.86. The maximum atomic E-state index is 11.6. The molecular formula is C17H23N2O3-. The molecule has 0 aliphatic carbocycles. The first-order valence-electron chi connectivity index (χ1n) is 7.70. The standard InChI is InChI=1S/C17H24N2O3/c1-4-6-7-14(5-2)11-19(17(21)22)16-10-15(18-12-20)9-8-13(16)3/h8-10,14H,4-7,11H2,1-3H3,(H,21,22)/p-1. The summed E-state index contributed by atoms with van der Waals surface area (Å²) in [5, 5.41) is 11.6. The van der Waals surface area contributed by atoms with Crippen molar-refractivity contribution < 1.29 is 14.7 Å². The molecule has 0 aliphatic heterocycles. The van der Waals surface area contributed by atoms with Crippen molar-refractivity contribution >= 4 is 23.5 Å². The summed E-state index contributed by atoms with van der Waals surface area (Å²) in [6, 6.07) is 4.99. The van der Waals surface area contributed by atoms with E-state index in [4.69, 9.17) is 0 Å². The average molecular weight is 303 g/mol. The molecule has 1 unspecified atom stereocenters. The minimum Gasteiger partial charge on any atom is -0.530 e. The van der Waals surface area contributed by atoms with Gasteiger partial charge in [0.25, 0.3) is 0 Å². The number of aliphatic imine (C=N–C) groups is 1. The Morgan fingerprint density at radius 1 is 1.41 bits per heavy atom. The highest BCUT2D eigenvalue weighted by molar-refractivity contribution is 5.86. The third kappa shape index (κ3) is 5.01. The van der Waals surface area contributed by atoms with E-state index in [1.165, 1.54) is 11.0 Å². The zero-order valence-corrected chi connectivity index (χ0v) is 13.5. The molecule has 1 rings (SSSR count). The molecule has 1 aromatic carbocycles. The number of nitrogens with zero attached hydrogens (tertiary/aromatic N) is 2. The van der Waals surface area contributed by atoms with Crippen LogP contribution in [0.3, 0.4) is 0 Å². The Labute approximate surface area is 131 Å². The smallest absolute Gasteiger partial charge is 0.240 e. The van der Waals surface area contributed by atoms with E-state index in [2.05, 4.69) is 18.8 Å². The van der Waals surface area contributed by atoms with Gasteiger partial charge in [0, 0.05) is 12.2 Å². The van der Waals surface area contributed by atoms with E-state index < -0.39 is 6.09 Å². The van der Waals surface area contributed by atoms with Crippen LogP contribution >= 0.6 is 0 Å². The summed E-state index contributed by atoms with van der Waals surface area (Å²) < 4.78 is 0. The van der Waals surface area contributed by atoms with Gasteiger partial charge in [0.2, 0.25) is 6.08 Å². The maximum absolute atomic E-state index is 11.6. The summed E-state index contributed by atoms with van der Waals surface area (Å²) in [5.41, 5.74) is 1.72. The predicted molar refractivity (Wildman–Crippen MR) is 85.0 cm³/mol. The Hall–Kier alpha value is -2.13. The second kappa shape index (κ2) is 9.00. The van der Waals surface area contributed by atoms with Crippen LogP contribution in [0.5, 0.6) is 0 Å². The highest BCUT2D eigenvalue weighted by Gasteiger charge is 2.16. The van der Waals surface area contributed by atoms with Crippen LogP contribution in [-0.2, 0) is 4.79 Å². The van der Waals surface area contributed by atoms with Crippen LogP contribution in [0.1, 0.15) is 45.1 Å². The van der Waals surface area contributed by atoms with Crippen molar-refractivity contribution in [1.29, 1.82) is 0 Å². The minimum atomic E-state index is -1.23. The van der Waals surface area contributed by atoms with Crippen LogP contribution in [0.15, 0.2) is 23.2 Å². The van der Waals surface area contributed by atoms with Crippen molar-refractivity contribution in [2.45, 2.75) is 46.5 Å². The molecule has 0 saturated carbocycles. The van der Waals surface area contributed by atoms with E-state index in [0.29, 0.717) is 17.9 Å². The van der Waals surface area contributed by atoms with Gasteiger partial charge in [0.1, 0.15) is 6.09 Å². The number of hydrogen-bond donors (Lipinski definition) is 0. The first kappa shape index (κ1) is 17.9. The molecule has 0 heterocycles. The SMILES string of the molecule is CCCCC(CC)CN(C(=O)[O-])c1cc(N=C=O)ccc1C. The van der Waals surface area contributed by atoms with Gasteiger partial charge in [0.05, 0.1) is 5.69 Å². The molecule has 22 heavy (non-hydrogen) atoms. The Balaban J connectivity index is 3.06. The van der Waals surface area contributed by atoms with Crippen molar-refractivity contribution in [3.8, 4) is 0 Å². The van der Waals surface area contributed by atoms with Gasteiger partial charge in [-0.3, -0.25) is 0 Å². The van der Waals surface area contributed by atoms with Crippen LogP contribution < -0.4 is 10.0 Å². The average Bonchev–Trinajstić information content (AvgIpc) is 2.50. The maximum Gasteiger partial charge on any atom is 0.240 e. The monoisotopic (exact) mass is 303 g/mol. The molecule has 0 aliphatic rings. The number of aryl methyl sites for hydroxylation is 1. The van der Waals surface area contributed by atoms with Gasteiger partial charge in [-0.15, -0.1) is 0 Å². The Kier molecular flexibility index (Phi) is 7.33. The Bertz CT molecular complexity index is 551. The third-order valence-corrected chi connectivity index (χ3v) is 3.86. The van der Waals surface area contributed by atoms with Crippen LogP contribution in [-0.4, -0.2) is 18.7 Å². The molecule has 0 N–H and O–H groups in total. The molecule has 1 amide bonds. The van der Waals surface area contributed by atoms with Crippen molar-refractivity contribution in [2.24, 2.45) is 10.9 Å². The summed E-state index contributed by atoms with van der Waals surface area (Å²) in [4.78, 5) is 26.7. The Morgan fingerprint density at radius 2 is 2.14 bits per heavy atom. The summed E-state index contributed by atoms with van der Waals surface area (Å²) in [7, 11) is 0. The number of carbonyl (C=O) groups is 1. The van der Waals surface area contributed by atoms with Gasteiger partial charge in [0.15, 0.2) is 0 Å². The molecule has 0 spiro atoms. The number of rotatable bonds is 8. The summed E-state index contributed by atoms with van der Waals surface area (Å²) >= 11 is 0. The van der Waals surface area contributed by atoms with E-state index in [1.54, 1.807) is 18.2 Å². The summed E-state index contributed by atoms with van der Waals surface area (Å²) in [6.45, 7) is 6.41. The second-order valence-corrected chi connectivity index (χ2v) is 5.47. The van der Waals surface area contributed by atoms with Gasteiger partial charge in [-0.25, -0.2) is 4.79 Å². The largest absolute Gasteiger partial charge is 0.530 e. The number of hydrogen-bond acceptors (Lipinski definition) is 4. The lowest BCUT2D eigenvalue weighted by molar-refractivity contribution is -0.246. The van der Waals surface area contributed by atoms with Crippen molar-refractivity contribution in [3.05, 3.63) is 23.8 Å². The van der Waals surface area contributed by atoms with Gasteiger partial charge in [-0.2, -0.15) is 4.99 Å². The lowest BCUT2D eigenvalue weighted by Gasteiger charge is -2.30. The van der Waals surface area contributed by atoms with E-state index in [9.17, 15) is 14.7 Å². The van der Waals surface area contributed by atoms with Gasteiger partial charge < -0.3 is 14.8 Å². The zero-order valence-electron chi connectivity index (χ0n) is 13.5. The van der Waals surface area contributed by atoms with Crippen molar-refractivity contribution in [2.75, 3.05) is 11.4 Å². The zero-order chi connectivity index (χ0) is 16.5. The number of carboxylic acid groups (broad SMARTS) is 1. The number of amides is 1. The quantitative estimate of drug-likeness (QED) is 0.546. The fourth-order valence-electron chi connectivity index (χ4n) is 2.46. The molecular weight excluding hydrogens is 280 g/mol. The van der Waals surface area contributed by atoms with Crippen LogP contribution in [0.2, 0.25) is 0 Å². The van der Waals surface area contributed by atoms with Crippen LogP contribution in [0, 0.1) is 12.8 Å². The van der Waals surface area contributed by atoms with Crippen LogP contribution in [0.4, 0.5) is 16.2 Å². The van der Waals surface area contributed by atoms with Gasteiger partial charge >= 0.3 is 0 Å². The van der Waals surface area contributed by atoms with E-state index in [1.807, 2.05) is 6.92 Å². The first-order chi connectivity index (χ1) is 10.5. The number of carbonyl (C=O) groups excluding carboxylic acids is 2. The molecule has 120 valence electrons. The molecule has 1 aromatic rings. The molecule has 0 radical (unpaired) electrons. The fraction of sp³-hybridized carbons (Fsp3) is 0.529. The summed E-state index contributed by atoms with van der Waals surface area (Å²) in [6.07, 6.45) is 4.31. The van der Waals surface area contributed by atoms with Crippen LogP contribution in [0.25, 0.3) is 0 Å². The fourth-order valence-corrected chi connectivity index (χ4v) is 2.46. The molecule has 5 nitrogen and oxygen atoms in total. The van der Waals surface area contributed by atoms with E-state index in [-0.39, 0.29) is 5.92 Å². The normalized spacial score (nSPS) is 11.6. The molecule has 0 saturated heterocycles. The second-order valence-electron chi connectivity index (χ2n) is 5.47. The molecule has 5 heteroatoms.